The van der Waals surface area contributed by atoms with Crippen molar-refractivity contribution in [1.82, 2.24) is 10.1 Å². The molecule has 1 aromatic heterocycles. The molecule has 19 heavy (non-hydrogen) atoms. The zero-order valence-corrected chi connectivity index (χ0v) is 12.8. The van der Waals surface area contributed by atoms with Crippen molar-refractivity contribution in [1.29, 1.82) is 0 Å². The number of hydrogen-bond acceptors (Lipinski definition) is 5. The Labute approximate surface area is 115 Å². The lowest BCUT2D eigenvalue weighted by Gasteiger charge is -2.27. The molecule has 0 radical (unpaired) electrons. The van der Waals surface area contributed by atoms with Gasteiger partial charge in [0, 0.05) is 19.1 Å². The molecule has 1 rings (SSSR count). The van der Waals surface area contributed by atoms with Gasteiger partial charge < -0.3 is 15.0 Å². The summed E-state index contributed by atoms with van der Waals surface area (Å²) in [4.78, 5) is 4.48. The second-order valence-corrected chi connectivity index (χ2v) is 5.26. The molecule has 5 nitrogen and oxygen atoms in total. The van der Waals surface area contributed by atoms with E-state index in [0.29, 0.717) is 30.7 Å². The molecule has 0 bridgehead atoms. The molecule has 0 aliphatic heterocycles. The quantitative estimate of drug-likeness (QED) is 0.785. The van der Waals surface area contributed by atoms with Gasteiger partial charge in [-0.2, -0.15) is 4.98 Å². The Bertz CT molecular complexity index is 373. The summed E-state index contributed by atoms with van der Waals surface area (Å²) in [6.45, 7) is 11.0. The Hall–Kier alpha value is -0.940. The molecule has 0 saturated carbocycles. The maximum Gasteiger partial charge on any atom is 0.228 e. The predicted octanol–water partition coefficient (Wildman–Crippen LogP) is 2.65. The molecule has 0 aliphatic rings. The molecule has 1 heterocycles. The molecule has 1 atom stereocenters. The third-order valence-electron chi connectivity index (χ3n) is 3.71. The van der Waals surface area contributed by atoms with Crippen molar-refractivity contribution in [2.75, 3.05) is 6.61 Å². The first kappa shape index (κ1) is 16.1. The van der Waals surface area contributed by atoms with Gasteiger partial charge in [0.1, 0.15) is 5.60 Å². The lowest BCUT2D eigenvalue weighted by molar-refractivity contribution is -0.0583. The minimum Gasteiger partial charge on any atom is -0.367 e. The highest BCUT2D eigenvalue weighted by molar-refractivity contribution is 5.01. The van der Waals surface area contributed by atoms with E-state index in [1.807, 2.05) is 6.92 Å². The molecule has 5 heteroatoms. The minimum absolute atomic E-state index is 0.0399. The number of nitrogens with two attached hydrogens (primary N) is 1. The largest absolute Gasteiger partial charge is 0.367 e. The van der Waals surface area contributed by atoms with Crippen molar-refractivity contribution >= 4 is 0 Å². The van der Waals surface area contributed by atoms with Crippen molar-refractivity contribution < 1.29 is 9.26 Å². The fourth-order valence-electron chi connectivity index (χ4n) is 2.07. The van der Waals surface area contributed by atoms with Crippen LogP contribution < -0.4 is 5.73 Å². The summed E-state index contributed by atoms with van der Waals surface area (Å²) in [5.74, 6) is 1.64. The van der Waals surface area contributed by atoms with Crippen LogP contribution in [0.2, 0.25) is 0 Å². The smallest absolute Gasteiger partial charge is 0.228 e. The number of ether oxygens (including phenoxy) is 1. The zero-order chi connectivity index (χ0) is 14.5. The molecule has 110 valence electrons. The van der Waals surface area contributed by atoms with E-state index in [1.54, 1.807) is 0 Å². The lowest BCUT2D eigenvalue weighted by Crippen LogP contribution is -2.30. The van der Waals surface area contributed by atoms with Gasteiger partial charge in [-0.25, -0.2) is 0 Å². The minimum atomic E-state index is -0.432. The van der Waals surface area contributed by atoms with E-state index in [-0.39, 0.29) is 6.04 Å². The Kier molecular flexibility index (Phi) is 5.94. The van der Waals surface area contributed by atoms with Crippen LogP contribution in [-0.4, -0.2) is 22.8 Å². The number of rotatable bonds is 8. The van der Waals surface area contributed by atoms with Crippen LogP contribution in [0.15, 0.2) is 4.52 Å². The van der Waals surface area contributed by atoms with Crippen LogP contribution in [0.5, 0.6) is 0 Å². The summed E-state index contributed by atoms with van der Waals surface area (Å²) < 4.78 is 11.2. The molecule has 2 N–H and O–H groups in total. The van der Waals surface area contributed by atoms with Gasteiger partial charge in [-0.05, 0) is 25.7 Å². The standard InChI is InChI=1S/C14H27N3O2/c1-6-14(7-2,18-8-3)13-16-12(19-17-13)9-11(15)10(4)5/h10-11H,6-9,15H2,1-5H3. The van der Waals surface area contributed by atoms with Gasteiger partial charge in [0.15, 0.2) is 0 Å². The van der Waals surface area contributed by atoms with Crippen LogP contribution in [0, 0.1) is 5.92 Å². The van der Waals surface area contributed by atoms with Crippen molar-refractivity contribution in [3.05, 3.63) is 11.7 Å². The second-order valence-electron chi connectivity index (χ2n) is 5.26. The highest BCUT2D eigenvalue weighted by Crippen LogP contribution is 2.31. The SMILES string of the molecule is CCOC(CC)(CC)c1noc(CC(N)C(C)C)n1. The van der Waals surface area contributed by atoms with Gasteiger partial charge in [0.25, 0.3) is 0 Å². The summed E-state index contributed by atoms with van der Waals surface area (Å²) in [5.41, 5.74) is 5.60. The van der Waals surface area contributed by atoms with Gasteiger partial charge >= 0.3 is 0 Å². The summed E-state index contributed by atoms with van der Waals surface area (Å²) in [5, 5.41) is 4.09. The Balaban J connectivity index is 2.87. The fraction of sp³-hybridized carbons (Fsp3) is 0.857. The first-order valence-electron chi connectivity index (χ1n) is 7.21. The normalized spacial score (nSPS) is 14.1. The van der Waals surface area contributed by atoms with Crippen LogP contribution in [0.4, 0.5) is 0 Å². The van der Waals surface area contributed by atoms with Gasteiger partial charge in [-0.1, -0.05) is 32.9 Å². The second kappa shape index (κ2) is 7.01. The number of nitrogens with zero attached hydrogens (tertiary/aromatic N) is 2. The molecule has 0 spiro atoms. The van der Waals surface area contributed by atoms with Gasteiger partial charge in [0.2, 0.25) is 11.7 Å². The van der Waals surface area contributed by atoms with Gasteiger partial charge in [0.05, 0.1) is 0 Å². The number of aromatic nitrogens is 2. The van der Waals surface area contributed by atoms with Crippen molar-refractivity contribution in [2.45, 2.75) is 65.5 Å². The molecule has 1 aromatic rings. The van der Waals surface area contributed by atoms with Crippen molar-refractivity contribution in [2.24, 2.45) is 11.7 Å². The van der Waals surface area contributed by atoms with Gasteiger partial charge in [-0.3, -0.25) is 0 Å². The Morgan fingerprint density at radius 3 is 2.37 bits per heavy atom. The van der Waals surface area contributed by atoms with E-state index in [4.69, 9.17) is 15.0 Å². The van der Waals surface area contributed by atoms with Crippen molar-refractivity contribution in [3.63, 3.8) is 0 Å². The van der Waals surface area contributed by atoms with Gasteiger partial charge in [-0.15, -0.1) is 0 Å². The average molecular weight is 269 g/mol. The summed E-state index contributed by atoms with van der Waals surface area (Å²) >= 11 is 0. The summed E-state index contributed by atoms with van der Waals surface area (Å²) in [7, 11) is 0. The third-order valence-corrected chi connectivity index (χ3v) is 3.71. The lowest BCUT2D eigenvalue weighted by atomic mass is 9.96. The van der Waals surface area contributed by atoms with E-state index < -0.39 is 5.60 Å². The van der Waals surface area contributed by atoms with Crippen LogP contribution in [-0.2, 0) is 16.8 Å². The first-order chi connectivity index (χ1) is 8.99. The van der Waals surface area contributed by atoms with Crippen LogP contribution in [0.25, 0.3) is 0 Å². The van der Waals surface area contributed by atoms with Crippen LogP contribution in [0.1, 0.15) is 59.2 Å². The molecular formula is C14H27N3O2. The van der Waals surface area contributed by atoms with E-state index in [9.17, 15) is 0 Å². The third kappa shape index (κ3) is 3.76. The maximum atomic E-state index is 6.03. The molecule has 0 aliphatic carbocycles. The highest BCUT2D eigenvalue weighted by Gasteiger charge is 2.34. The Morgan fingerprint density at radius 2 is 1.89 bits per heavy atom. The van der Waals surface area contributed by atoms with E-state index >= 15 is 0 Å². The fourth-order valence-corrected chi connectivity index (χ4v) is 2.07. The molecule has 0 aromatic carbocycles. The maximum absolute atomic E-state index is 6.03. The first-order valence-corrected chi connectivity index (χ1v) is 7.21. The molecule has 0 saturated heterocycles. The molecular weight excluding hydrogens is 242 g/mol. The average Bonchev–Trinajstić information content (AvgIpc) is 2.85. The van der Waals surface area contributed by atoms with Crippen molar-refractivity contribution in [3.8, 4) is 0 Å². The topological polar surface area (TPSA) is 74.2 Å². The predicted molar refractivity (Wildman–Crippen MR) is 74.7 cm³/mol. The molecule has 0 amide bonds. The summed E-state index contributed by atoms with van der Waals surface area (Å²) in [6, 6.07) is 0.0399. The molecule has 0 fully saturated rings. The number of hydrogen-bond donors (Lipinski definition) is 1. The van der Waals surface area contributed by atoms with E-state index in [0.717, 1.165) is 12.8 Å². The summed E-state index contributed by atoms with van der Waals surface area (Å²) in [6.07, 6.45) is 2.26. The Morgan fingerprint density at radius 1 is 1.26 bits per heavy atom. The van der Waals surface area contributed by atoms with Crippen LogP contribution in [0.3, 0.4) is 0 Å². The van der Waals surface area contributed by atoms with E-state index in [1.165, 1.54) is 0 Å². The molecule has 1 unspecified atom stereocenters. The monoisotopic (exact) mass is 269 g/mol. The van der Waals surface area contributed by atoms with Crippen LogP contribution >= 0.6 is 0 Å². The highest BCUT2D eigenvalue weighted by atomic mass is 16.5. The van der Waals surface area contributed by atoms with E-state index in [2.05, 4.69) is 37.8 Å². The zero-order valence-electron chi connectivity index (χ0n) is 12.8.